The molecule has 1 fully saturated rings. The Morgan fingerprint density at radius 2 is 1.66 bits per heavy atom. The van der Waals surface area contributed by atoms with Crippen LogP contribution in [-0.2, 0) is 9.59 Å². The minimum absolute atomic E-state index is 0.0869. The van der Waals surface area contributed by atoms with Crippen molar-refractivity contribution < 1.29 is 24.2 Å². The molecule has 35 heavy (non-hydrogen) atoms. The molecule has 2 aromatic rings. The molecule has 2 aromatic carbocycles. The van der Waals surface area contributed by atoms with Crippen LogP contribution in [0, 0.1) is 0 Å². The number of ether oxygens (including phenoxy) is 2. The van der Waals surface area contributed by atoms with Crippen LogP contribution in [0.5, 0.6) is 11.5 Å². The van der Waals surface area contributed by atoms with Crippen LogP contribution >= 0.6 is 0 Å². The highest BCUT2D eigenvalue weighted by Crippen LogP contribution is 2.41. The standard InChI is InChI=1S/C27H33N3O5/c1-5-29(6-2)13-14-30-24(18-7-10-20(11-8-18)28(3)4)23(26(32)27(30)33)25(31)19-9-12-21-22(17-19)35-16-15-34-21/h7-12,17,24,31H,5-6,13-16H2,1-4H3/b25-23-. The Balaban J connectivity index is 1.78. The highest BCUT2D eigenvalue weighted by Gasteiger charge is 2.46. The van der Waals surface area contributed by atoms with Crippen molar-refractivity contribution in [2.75, 3.05) is 58.4 Å². The van der Waals surface area contributed by atoms with Gasteiger partial charge >= 0.3 is 0 Å². The Kier molecular flexibility index (Phi) is 7.31. The van der Waals surface area contributed by atoms with E-state index in [9.17, 15) is 14.7 Å². The fraction of sp³-hybridized carbons (Fsp3) is 0.407. The number of aliphatic hydroxyl groups excluding tert-OH is 1. The summed E-state index contributed by atoms with van der Waals surface area (Å²) < 4.78 is 11.2. The molecule has 4 rings (SSSR count). The number of fused-ring (bicyclic) bond motifs is 1. The summed E-state index contributed by atoms with van der Waals surface area (Å²) in [7, 11) is 3.90. The van der Waals surface area contributed by atoms with Crippen LogP contribution in [0.15, 0.2) is 48.0 Å². The van der Waals surface area contributed by atoms with E-state index in [0.29, 0.717) is 43.4 Å². The van der Waals surface area contributed by atoms with Crippen LogP contribution in [-0.4, -0.2) is 80.1 Å². The first-order valence-corrected chi connectivity index (χ1v) is 12.0. The summed E-state index contributed by atoms with van der Waals surface area (Å²) in [5, 5.41) is 11.3. The van der Waals surface area contributed by atoms with E-state index < -0.39 is 17.7 Å². The fourth-order valence-electron chi connectivity index (χ4n) is 4.55. The number of anilines is 1. The molecular weight excluding hydrogens is 446 g/mol. The number of Topliss-reactive ketones (excluding diaryl/α,β-unsaturated/α-hetero) is 1. The number of amides is 1. The van der Waals surface area contributed by atoms with E-state index in [2.05, 4.69) is 18.7 Å². The maximum atomic E-state index is 13.3. The van der Waals surface area contributed by atoms with Gasteiger partial charge in [0.15, 0.2) is 11.5 Å². The number of carbonyl (C=O) groups excluding carboxylic acids is 2. The molecule has 0 aliphatic carbocycles. The van der Waals surface area contributed by atoms with Crippen LogP contribution in [0.2, 0.25) is 0 Å². The van der Waals surface area contributed by atoms with Crippen molar-refractivity contribution in [3.05, 3.63) is 59.2 Å². The van der Waals surface area contributed by atoms with Gasteiger partial charge in [-0.15, -0.1) is 0 Å². The van der Waals surface area contributed by atoms with Crippen LogP contribution in [0.1, 0.15) is 31.0 Å². The Bertz CT molecular complexity index is 1120. The predicted molar refractivity (Wildman–Crippen MR) is 135 cm³/mol. The van der Waals surface area contributed by atoms with Crippen molar-refractivity contribution in [1.82, 2.24) is 9.80 Å². The van der Waals surface area contributed by atoms with E-state index in [0.717, 1.165) is 24.3 Å². The Labute approximate surface area is 206 Å². The molecule has 0 bridgehead atoms. The van der Waals surface area contributed by atoms with Crippen LogP contribution in [0.4, 0.5) is 5.69 Å². The zero-order valence-corrected chi connectivity index (χ0v) is 20.8. The number of hydrogen-bond acceptors (Lipinski definition) is 7. The second kappa shape index (κ2) is 10.4. The maximum Gasteiger partial charge on any atom is 0.295 e. The molecule has 186 valence electrons. The minimum Gasteiger partial charge on any atom is -0.507 e. The van der Waals surface area contributed by atoms with Gasteiger partial charge < -0.3 is 29.3 Å². The van der Waals surface area contributed by atoms with Crippen molar-refractivity contribution in [2.45, 2.75) is 19.9 Å². The van der Waals surface area contributed by atoms with Crippen molar-refractivity contribution >= 4 is 23.1 Å². The van der Waals surface area contributed by atoms with Gasteiger partial charge in [-0.1, -0.05) is 26.0 Å². The number of hydrogen-bond donors (Lipinski definition) is 1. The quantitative estimate of drug-likeness (QED) is 0.353. The summed E-state index contributed by atoms with van der Waals surface area (Å²) >= 11 is 0. The molecule has 1 amide bonds. The third-order valence-corrected chi connectivity index (χ3v) is 6.63. The lowest BCUT2D eigenvalue weighted by Crippen LogP contribution is -2.38. The Morgan fingerprint density at radius 1 is 1.00 bits per heavy atom. The normalized spacial score (nSPS) is 18.9. The molecule has 0 aromatic heterocycles. The molecule has 2 aliphatic heterocycles. The lowest BCUT2D eigenvalue weighted by atomic mass is 9.95. The van der Waals surface area contributed by atoms with Crippen LogP contribution in [0.3, 0.4) is 0 Å². The average molecular weight is 480 g/mol. The SMILES string of the molecule is CCN(CC)CCN1C(=O)C(=O)/C(=C(\O)c2ccc3c(c2)OCCO3)C1c1ccc(N(C)C)cc1. The summed E-state index contributed by atoms with van der Waals surface area (Å²) in [6, 6.07) is 12.1. The molecular formula is C27H33N3O5. The molecule has 1 saturated heterocycles. The first-order chi connectivity index (χ1) is 16.8. The first-order valence-electron chi connectivity index (χ1n) is 12.0. The topological polar surface area (TPSA) is 82.6 Å². The second-order valence-corrected chi connectivity index (χ2v) is 8.86. The van der Waals surface area contributed by atoms with Crippen LogP contribution in [0.25, 0.3) is 5.76 Å². The van der Waals surface area contributed by atoms with Crippen molar-refractivity contribution in [2.24, 2.45) is 0 Å². The van der Waals surface area contributed by atoms with E-state index >= 15 is 0 Å². The predicted octanol–water partition coefficient (Wildman–Crippen LogP) is 3.29. The molecule has 1 N–H and O–H groups in total. The van der Waals surface area contributed by atoms with Gasteiger partial charge in [-0.2, -0.15) is 0 Å². The highest BCUT2D eigenvalue weighted by molar-refractivity contribution is 6.46. The van der Waals surface area contributed by atoms with E-state index in [1.54, 1.807) is 23.1 Å². The third kappa shape index (κ3) is 4.84. The summed E-state index contributed by atoms with van der Waals surface area (Å²) in [5.41, 5.74) is 2.27. The lowest BCUT2D eigenvalue weighted by Gasteiger charge is -2.28. The summed E-state index contributed by atoms with van der Waals surface area (Å²) in [4.78, 5) is 32.2. The largest absolute Gasteiger partial charge is 0.507 e. The van der Waals surface area contributed by atoms with Gasteiger partial charge in [-0.25, -0.2) is 0 Å². The molecule has 1 atom stereocenters. The van der Waals surface area contributed by atoms with Gasteiger partial charge in [0.2, 0.25) is 0 Å². The number of benzene rings is 2. The fourth-order valence-corrected chi connectivity index (χ4v) is 4.55. The highest BCUT2D eigenvalue weighted by atomic mass is 16.6. The van der Waals surface area contributed by atoms with Gasteiger partial charge in [0.05, 0.1) is 11.6 Å². The Morgan fingerprint density at radius 3 is 2.29 bits per heavy atom. The number of carbonyl (C=O) groups is 2. The average Bonchev–Trinajstić information content (AvgIpc) is 3.13. The van der Waals surface area contributed by atoms with Gasteiger partial charge in [0.25, 0.3) is 11.7 Å². The maximum absolute atomic E-state index is 13.3. The van der Waals surface area contributed by atoms with E-state index in [1.807, 2.05) is 43.3 Å². The summed E-state index contributed by atoms with van der Waals surface area (Å²) in [6.45, 7) is 7.71. The van der Waals surface area contributed by atoms with Crippen molar-refractivity contribution in [3.8, 4) is 11.5 Å². The number of nitrogens with zero attached hydrogens (tertiary/aromatic N) is 3. The number of likely N-dealkylation sites (tertiary alicyclic amines) is 1. The van der Waals surface area contributed by atoms with Gasteiger partial charge in [0.1, 0.15) is 19.0 Å². The number of aliphatic hydroxyl groups is 1. The molecule has 8 heteroatoms. The number of likely N-dealkylation sites (N-methyl/N-ethyl adjacent to an activating group) is 1. The van der Waals surface area contributed by atoms with E-state index in [1.165, 1.54) is 0 Å². The molecule has 2 heterocycles. The molecule has 8 nitrogen and oxygen atoms in total. The lowest BCUT2D eigenvalue weighted by molar-refractivity contribution is -0.140. The Hall–Kier alpha value is -3.52. The summed E-state index contributed by atoms with van der Waals surface area (Å²) in [6.07, 6.45) is 0. The van der Waals surface area contributed by atoms with Gasteiger partial charge in [0, 0.05) is 38.4 Å². The monoisotopic (exact) mass is 479 g/mol. The number of rotatable bonds is 8. The van der Waals surface area contributed by atoms with E-state index in [4.69, 9.17) is 9.47 Å². The van der Waals surface area contributed by atoms with Crippen LogP contribution < -0.4 is 14.4 Å². The first kappa shape index (κ1) is 24.6. The second-order valence-electron chi connectivity index (χ2n) is 8.86. The minimum atomic E-state index is -0.685. The number of ketones is 1. The molecule has 0 saturated carbocycles. The summed E-state index contributed by atoms with van der Waals surface area (Å²) in [5.74, 6) is -0.407. The van der Waals surface area contributed by atoms with Gasteiger partial charge in [-0.05, 0) is 49.0 Å². The zero-order chi connectivity index (χ0) is 25.1. The molecule has 0 radical (unpaired) electrons. The van der Waals surface area contributed by atoms with Gasteiger partial charge in [-0.3, -0.25) is 9.59 Å². The van der Waals surface area contributed by atoms with E-state index in [-0.39, 0.29) is 11.3 Å². The molecule has 2 aliphatic rings. The van der Waals surface area contributed by atoms with Crippen molar-refractivity contribution in [3.63, 3.8) is 0 Å². The smallest absolute Gasteiger partial charge is 0.295 e. The third-order valence-electron chi connectivity index (χ3n) is 6.63. The molecule has 1 unspecified atom stereocenters. The van der Waals surface area contributed by atoms with Crippen molar-refractivity contribution in [1.29, 1.82) is 0 Å². The molecule has 0 spiro atoms. The zero-order valence-electron chi connectivity index (χ0n) is 20.8.